The highest BCUT2D eigenvalue weighted by Gasteiger charge is 2.15. The van der Waals surface area contributed by atoms with E-state index in [-0.39, 0.29) is 12.5 Å². The van der Waals surface area contributed by atoms with Gasteiger partial charge in [0.2, 0.25) is 11.8 Å². The van der Waals surface area contributed by atoms with Gasteiger partial charge in [-0.2, -0.15) is 0 Å². The van der Waals surface area contributed by atoms with Gasteiger partial charge < -0.3 is 16.4 Å². The number of nitrogens with one attached hydrogen (secondary N) is 2. The summed E-state index contributed by atoms with van der Waals surface area (Å²) in [6.45, 7) is 0.0832. The Labute approximate surface area is 96.8 Å². The van der Waals surface area contributed by atoms with Crippen molar-refractivity contribution in [2.45, 2.75) is 4.90 Å². The van der Waals surface area contributed by atoms with Crippen molar-refractivity contribution in [2.75, 3.05) is 22.9 Å². The molecule has 2 amide bonds. The normalized spacial score (nSPS) is 13.9. The lowest BCUT2D eigenvalue weighted by atomic mass is 10.2. The fourth-order valence-corrected chi connectivity index (χ4v) is 2.17. The lowest BCUT2D eigenvalue weighted by Crippen LogP contribution is -2.22. The molecule has 0 bridgehead atoms. The topological polar surface area (TPSA) is 84.2 Å². The number of carbonyl (C=O) groups is 2. The zero-order valence-corrected chi connectivity index (χ0v) is 9.26. The number of amides is 2. The molecule has 1 aromatic rings. The molecule has 0 aromatic heterocycles. The van der Waals surface area contributed by atoms with Crippen molar-refractivity contribution in [1.29, 1.82) is 0 Å². The molecule has 6 heteroatoms. The van der Waals surface area contributed by atoms with Crippen LogP contribution in [0.15, 0.2) is 23.1 Å². The van der Waals surface area contributed by atoms with E-state index in [0.717, 1.165) is 16.3 Å². The van der Waals surface area contributed by atoms with Crippen LogP contribution in [0.4, 0.5) is 11.4 Å². The first-order valence-corrected chi connectivity index (χ1v) is 5.72. The van der Waals surface area contributed by atoms with Crippen molar-refractivity contribution in [1.82, 2.24) is 0 Å². The van der Waals surface area contributed by atoms with E-state index in [1.807, 2.05) is 12.1 Å². The first-order valence-electron chi connectivity index (χ1n) is 4.74. The molecule has 0 radical (unpaired) electrons. The molecular formula is C10H11N3O2S. The lowest BCUT2D eigenvalue weighted by molar-refractivity contribution is -0.116. The van der Waals surface area contributed by atoms with Crippen molar-refractivity contribution in [2.24, 2.45) is 5.73 Å². The van der Waals surface area contributed by atoms with E-state index in [0.29, 0.717) is 5.75 Å². The number of nitrogens with two attached hydrogens (primary N) is 1. The molecule has 84 valence electrons. The summed E-state index contributed by atoms with van der Waals surface area (Å²) in [7, 11) is 0. The molecule has 0 fully saturated rings. The molecule has 0 spiro atoms. The first-order chi connectivity index (χ1) is 7.65. The standard InChI is InChI=1S/C10H11N3O2S/c11-9(14)4-12-6-1-2-8-7(3-6)13-10(15)5-16-8/h1-3,12H,4-5H2,(H2,11,14)(H,13,15). The summed E-state index contributed by atoms with van der Waals surface area (Å²) in [6, 6.07) is 5.55. The van der Waals surface area contributed by atoms with Crippen LogP contribution in [-0.4, -0.2) is 24.1 Å². The summed E-state index contributed by atoms with van der Waals surface area (Å²) >= 11 is 1.50. The molecule has 1 aromatic carbocycles. The van der Waals surface area contributed by atoms with Crippen LogP contribution >= 0.6 is 11.8 Å². The van der Waals surface area contributed by atoms with Gasteiger partial charge in [0.25, 0.3) is 0 Å². The van der Waals surface area contributed by atoms with Gasteiger partial charge >= 0.3 is 0 Å². The quantitative estimate of drug-likeness (QED) is 0.720. The van der Waals surface area contributed by atoms with Crippen LogP contribution in [0.3, 0.4) is 0 Å². The maximum atomic E-state index is 11.2. The van der Waals surface area contributed by atoms with Crippen LogP contribution in [0.1, 0.15) is 0 Å². The van der Waals surface area contributed by atoms with Gasteiger partial charge in [-0.1, -0.05) is 0 Å². The maximum Gasteiger partial charge on any atom is 0.236 e. The Morgan fingerprint density at radius 1 is 1.56 bits per heavy atom. The van der Waals surface area contributed by atoms with Crippen LogP contribution in [0.5, 0.6) is 0 Å². The van der Waals surface area contributed by atoms with Crippen molar-refractivity contribution in [3.8, 4) is 0 Å². The molecule has 0 saturated carbocycles. The molecular weight excluding hydrogens is 226 g/mol. The minimum atomic E-state index is -0.420. The van der Waals surface area contributed by atoms with E-state index >= 15 is 0 Å². The Hall–Kier alpha value is -1.69. The van der Waals surface area contributed by atoms with E-state index in [4.69, 9.17) is 5.73 Å². The summed E-state index contributed by atoms with van der Waals surface area (Å²) in [5.41, 5.74) is 6.56. The van der Waals surface area contributed by atoms with E-state index in [2.05, 4.69) is 10.6 Å². The van der Waals surface area contributed by atoms with Gasteiger partial charge in [0.05, 0.1) is 18.0 Å². The van der Waals surface area contributed by atoms with E-state index < -0.39 is 5.91 Å². The van der Waals surface area contributed by atoms with Crippen LogP contribution < -0.4 is 16.4 Å². The number of carbonyl (C=O) groups excluding carboxylic acids is 2. The summed E-state index contributed by atoms with van der Waals surface area (Å²) in [5, 5.41) is 5.65. The molecule has 16 heavy (non-hydrogen) atoms. The van der Waals surface area contributed by atoms with Gasteiger partial charge in [-0.05, 0) is 18.2 Å². The number of hydrogen-bond acceptors (Lipinski definition) is 4. The van der Waals surface area contributed by atoms with Crippen LogP contribution in [0.25, 0.3) is 0 Å². The minimum absolute atomic E-state index is 0.00967. The van der Waals surface area contributed by atoms with Crippen LogP contribution in [-0.2, 0) is 9.59 Å². The van der Waals surface area contributed by atoms with E-state index in [1.165, 1.54) is 11.8 Å². The predicted octanol–water partition coefficient (Wildman–Crippen LogP) is 0.628. The van der Waals surface area contributed by atoms with E-state index in [1.54, 1.807) is 6.07 Å². The third kappa shape index (κ3) is 2.46. The highest BCUT2D eigenvalue weighted by molar-refractivity contribution is 8.00. The van der Waals surface area contributed by atoms with Crippen molar-refractivity contribution in [3.05, 3.63) is 18.2 Å². The Kier molecular flexibility index (Phi) is 3.00. The van der Waals surface area contributed by atoms with Gasteiger partial charge in [0.15, 0.2) is 0 Å². The largest absolute Gasteiger partial charge is 0.376 e. The van der Waals surface area contributed by atoms with Gasteiger partial charge in [-0.3, -0.25) is 9.59 Å². The highest BCUT2D eigenvalue weighted by Crippen LogP contribution is 2.33. The molecule has 1 aliphatic heterocycles. The van der Waals surface area contributed by atoms with Crippen molar-refractivity contribution in [3.63, 3.8) is 0 Å². The summed E-state index contributed by atoms with van der Waals surface area (Å²) in [6.07, 6.45) is 0. The third-order valence-corrected chi connectivity index (χ3v) is 3.15. The molecule has 0 unspecified atom stereocenters. The Morgan fingerprint density at radius 2 is 2.38 bits per heavy atom. The molecule has 1 heterocycles. The Morgan fingerprint density at radius 3 is 3.12 bits per heavy atom. The molecule has 0 saturated heterocycles. The predicted molar refractivity (Wildman–Crippen MR) is 63.5 cm³/mol. The minimum Gasteiger partial charge on any atom is -0.376 e. The first kappa shape index (κ1) is 10.8. The summed E-state index contributed by atoms with van der Waals surface area (Å²) in [4.78, 5) is 22.8. The number of fused-ring (bicyclic) bond motifs is 1. The fourth-order valence-electron chi connectivity index (χ4n) is 1.38. The average Bonchev–Trinajstić information content (AvgIpc) is 2.25. The molecule has 1 aliphatic rings. The number of benzene rings is 1. The number of primary amides is 1. The smallest absolute Gasteiger partial charge is 0.236 e. The summed E-state index contributed by atoms with van der Waals surface area (Å²) < 4.78 is 0. The van der Waals surface area contributed by atoms with Crippen LogP contribution in [0.2, 0.25) is 0 Å². The molecule has 2 rings (SSSR count). The Bertz CT molecular complexity index is 448. The second-order valence-electron chi connectivity index (χ2n) is 3.37. The second-order valence-corrected chi connectivity index (χ2v) is 4.38. The number of rotatable bonds is 3. The molecule has 4 N–H and O–H groups in total. The van der Waals surface area contributed by atoms with Gasteiger partial charge in [-0.25, -0.2) is 0 Å². The molecule has 5 nitrogen and oxygen atoms in total. The fraction of sp³-hybridized carbons (Fsp3) is 0.200. The van der Waals surface area contributed by atoms with Crippen molar-refractivity contribution < 1.29 is 9.59 Å². The van der Waals surface area contributed by atoms with Crippen molar-refractivity contribution >= 4 is 35.0 Å². The highest BCUT2D eigenvalue weighted by atomic mass is 32.2. The van der Waals surface area contributed by atoms with Gasteiger partial charge in [0.1, 0.15) is 0 Å². The number of thioether (sulfide) groups is 1. The SMILES string of the molecule is NC(=O)CNc1ccc2c(c1)NC(=O)CS2. The molecule has 0 aliphatic carbocycles. The Balaban J connectivity index is 2.14. The third-order valence-electron chi connectivity index (χ3n) is 2.08. The van der Waals surface area contributed by atoms with Gasteiger partial charge in [-0.15, -0.1) is 11.8 Å². The lowest BCUT2D eigenvalue weighted by Gasteiger charge is -2.17. The zero-order valence-electron chi connectivity index (χ0n) is 8.45. The maximum absolute atomic E-state index is 11.2. The van der Waals surface area contributed by atoms with Crippen LogP contribution in [0, 0.1) is 0 Å². The van der Waals surface area contributed by atoms with E-state index in [9.17, 15) is 9.59 Å². The number of hydrogen-bond donors (Lipinski definition) is 3. The average molecular weight is 237 g/mol. The zero-order chi connectivity index (χ0) is 11.5. The number of anilines is 2. The molecule has 0 atom stereocenters. The monoisotopic (exact) mass is 237 g/mol. The summed E-state index contributed by atoms with van der Waals surface area (Å²) in [5.74, 6) is 0.0156. The second kappa shape index (κ2) is 4.44. The van der Waals surface area contributed by atoms with Gasteiger partial charge in [0, 0.05) is 10.6 Å².